The standard InChI is InChI=1S/C17H17ClN4O2/c1-11-8-15(23-2)16(24-3)9-12(11)10-22-20-17(19-21-22)13-6-4-5-7-14(13)18/h4-9H,10H2,1-3H3. The molecule has 0 spiro atoms. The summed E-state index contributed by atoms with van der Waals surface area (Å²) in [6, 6.07) is 11.3. The van der Waals surface area contributed by atoms with E-state index in [1.165, 1.54) is 4.80 Å². The van der Waals surface area contributed by atoms with Gasteiger partial charge in [0, 0.05) is 5.56 Å². The third-order valence-electron chi connectivity index (χ3n) is 3.72. The molecule has 0 saturated carbocycles. The number of benzene rings is 2. The van der Waals surface area contributed by atoms with Crippen LogP contribution in [0.1, 0.15) is 11.1 Å². The smallest absolute Gasteiger partial charge is 0.206 e. The number of hydrogen-bond acceptors (Lipinski definition) is 5. The Morgan fingerprint density at radius 2 is 1.79 bits per heavy atom. The van der Waals surface area contributed by atoms with Crippen LogP contribution in [0.5, 0.6) is 11.5 Å². The molecular weight excluding hydrogens is 328 g/mol. The fourth-order valence-electron chi connectivity index (χ4n) is 2.41. The van der Waals surface area contributed by atoms with E-state index in [0.717, 1.165) is 16.7 Å². The van der Waals surface area contributed by atoms with E-state index in [9.17, 15) is 0 Å². The summed E-state index contributed by atoms with van der Waals surface area (Å²) in [4.78, 5) is 1.53. The maximum Gasteiger partial charge on any atom is 0.206 e. The van der Waals surface area contributed by atoms with Gasteiger partial charge in [0.15, 0.2) is 11.5 Å². The van der Waals surface area contributed by atoms with Crippen molar-refractivity contribution in [2.75, 3.05) is 14.2 Å². The van der Waals surface area contributed by atoms with Gasteiger partial charge < -0.3 is 9.47 Å². The van der Waals surface area contributed by atoms with Gasteiger partial charge in [0.2, 0.25) is 5.82 Å². The van der Waals surface area contributed by atoms with Crippen LogP contribution in [0.3, 0.4) is 0 Å². The van der Waals surface area contributed by atoms with E-state index < -0.39 is 0 Å². The second kappa shape index (κ2) is 6.88. The molecule has 0 fully saturated rings. The van der Waals surface area contributed by atoms with Crippen LogP contribution in [0.15, 0.2) is 36.4 Å². The van der Waals surface area contributed by atoms with Gasteiger partial charge in [-0.15, -0.1) is 10.2 Å². The van der Waals surface area contributed by atoms with Gasteiger partial charge in [0.05, 0.1) is 25.8 Å². The van der Waals surface area contributed by atoms with E-state index in [2.05, 4.69) is 15.4 Å². The van der Waals surface area contributed by atoms with Crippen molar-refractivity contribution < 1.29 is 9.47 Å². The van der Waals surface area contributed by atoms with Crippen molar-refractivity contribution in [2.24, 2.45) is 0 Å². The highest BCUT2D eigenvalue weighted by molar-refractivity contribution is 6.33. The Kier molecular flexibility index (Phi) is 4.66. The number of nitrogens with zero attached hydrogens (tertiary/aromatic N) is 4. The molecule has 0 saturated heterocycles. The molecule has 3 aromatic rings. The predicted molar refractivity (Wildman–Crippen MR) is 91.6 cm³/mol. The lowest BCUT2D eigenvalue weighted by molar-refractivity contribution is 0.354. The quantitative estimate of drug-likeness (QED) is 0.710. The predicted octanol–water partition coefficient (Wildman–Crippen LogP) is 3.37. The summed E-state index contributed by atoms with van der Waals surface area (Å²) in [5.74, 6) is 1.87. The van der Waals surface area contributed by atoms with E-state index >= 15 is 0 Å². The largest absolute Gasteiger partial charge is 0.493 e. The molecule has 1 aromatic heterocycles. The van der Waals surface area contributed by atoms with Crippen molar-refractivity contribution in [3.8, 4) is 22.9 Å². The summed E-state index contributed by atoms with van der Waals surface area (Å²) in [6.07, 6.45) is 0. The molecule has 0 unspecified atom stereocenters. The summed E-state index contributed by atoms with van der Waals surface area (Å²) in [7, 11) is 3.23. The summed E-state index contributed by atoms with van der Waals surface area (Å²) in [5, 5.41) is 13.2. The summed E-state index contributed by atoms with van der Waals surface area (Å²) < 4.78 is 10.7. The lowest BCUT2D eigenvalue weighted by Crippen LogP contribution is -2.06. The molecule has 6 nitrogen and oxygen atoms in total. The SMILES string of the molecule is COc1cc(C)c(Cn2nnc(-c3ccccc3Cl)n2)cc1OC. The molecule has 7 heteroatoms. The molecule has 0 aliphatic heterocycles. The number of aryl methyl sites for hydroxylation is 1. The topological polar surface area (TPSA) is 62.1 Å². The zero-order chi connectivity index (χ0) is 17.1. The second-order valence-electron chi connectivity index (χ2n) is 5.26. The number of rotatable bonds is 5. The lowest BCUT2D eigenvalue weighted by atomic mass is 10.1. The molecule has 124 valence electrons. The van der Waals surface area contributed by atoms with Gasteiger partial charge in [-0.3, -0.25) is 0 Å². The van der Waals surface area contributed by atoms with Gasteiger partial charge in [-0.05, 0) is 47.5 Å². The molecule has 0 atom stereocenters. The number of halogens is 1. The Bertz CT molecular complexity index is 864. The Labute approximate surface area is 145 Å². The van der Waals surface area contributed by atoms with E-state index in [4.69, 9.17) is 21.1 Å². The van der Waals surface area contributed by atoms with Crippen LogP contribution in [-0.4, -0.2) is 34.4 Å². The first-order valence-corrected chi connectivity index (χ1v) is 7.74. The van der Waals surface area contributed by atoms with Crippen molar-refractivity contribution in [1.82, 2.24) is 20.2 Å². The van der Waals surface area contributed by atoms with Crippen LogP contribution in [0, 0.1) is 6.92 Å². The molecule has 0 aliphatic carbocycles. The molecule has 3 rings (SSSR count). The molecule has 1 heterocycles. The van der Waals surface area contributed by atoms with Gasteiger partial charge >= 0.3 is 0 Å². The first-order chi connectivity index (χ1) is 11.6. The minimum Gasteiger partial charge on any atom is -0.493 e. The van der Waals surface area contributed by atoms with Crippen molar-refractivity contribution in [1.29, 1.82) is 0 Å². The Morgan fingerprint density at radius 3 is 2.50 bits per heavy atom. The first kappa shape index (κ1) is 16.3. The summed E-state index contributed by atoms with van der Waals surface area (Å²) in [6.45, 7) is 2.48. The molecule has 0 aliphatic rings. The monoisotopic (exact) mass is 344 g/mol. The van der Waals surface area contributed by atoms with Gasteiger partial charge in [-0.25, -0.2) is 0 Å². The average molecular weight is 345 g/mol. The molecule has 0 amide bonds. The Hall–Kier alpha value is -2.60. The maximum absolute atomic E-state index is 6.18. The van der Waals surface area contributed by atoms with Crippen LogP contribution >= 0.6 is 11.6 Å². The van der Waals surface area contributed by atoms with Crippen LogP contribution in [0.2, 0.25) is 5.02 Å². The highest BCUT2D eigenvalue weighted by Gasteiger charge is 2.12. The van der Waals surface area contributed by atoms with E-state index in [-0.39, 0.29) is 0 Å². The minimum atomic E-state index is 0.476. The van der Waals surface area contributed by atoms with E-state index in [1.807, 2.05) is 37.3 Å². The minimum absolute atomic E-state index is 0.476. The van der Waals surface area contributed by atoms with Crippen LogP contribution < -0.4 is 9.47 Å². The van der Waals surface area contributed by atoms with Gasteiger partial charge in [0.25, 0.3) is 0 Å². The van der Waals surface area contributed by atoms with Crippen molar-refractivity contribution >= 4 is 11.6 Å². The highest BCUT2D eigenvalue weighted by atomic mass is 35.5. The van der Waals surface area contributed by atoms with Crippen LogP contribution in [0.25, 0.3) is 11.4 Å². The van der Waals surface area contributed by atoms with Crippen LogP contribution in [-0.2, 0) is 6.54 Å². The van der Waals surface area contributed by atoms with Crippen molar-refractivity contribution in [3.05, 3.63) is 52.5 Å². The number of ether oxygens (including phenoxy) is 2. The molecule has 24 heavy (non-hydrogen) atoms. The molecule has 2 aromatic carbocycles. The van der Waals surface area contributed by atoms with Crippen molar-refractivity contribution in [3.63, 3.8) is 0 Å². The molecule has 0 bridgehead atoms. The molecular formula is C17H17ClN4O2. The second-order valence-corrected chi connectivity index (χ2v) is 5.66. The fourth-order valence-corrected chi connectivity index (χ4v) is 2.63. The third kappa shape index (κ3) is 3.19. The fraction of sp³-hybridized carbons (Fsp3) is 0.235. The van der Waals surface area contributed by atoms with Gasteiger partial charge in [-0.2, -0.15) is 4.80 Å². The van der Waals surface area contributed by atoms with Crippen LogP contribution in [0.4, 0.5) is 0 Å². The van der Waals surface area contributed by atoms with Gasteiger partial charge in [-0.1, -0.05) is 23.7 Å². The molecule has 0 N–H and O–H groups in total. The molecule has 0 radical (unpaired) electrons. The van der Waals surface area contributed by atoms with Crippen molar-refractivity contribution in [2.45, 2.75) is 13.5 Å². The Morgan fingerprint density at radius 1 is 1.08 bits per heavy atom. The zero-order valence-electron chi connectivity index (χ0n) is 13.7. The first-order valence-electron chi connectivity index (χ1n) is 7.36. The zero-order valence-corrected chi connectivity index (χ0v) is 14.4. The normalized spacial score (nSPS) is 10.7. The average Bonchev–Trinajstić information content (AvgIpc) is 3.05. The lowest BCUT2D eigenvalue weighted by Gasteiger charge is -2.12. The highest BCUT2D eigenvalue weighted by Crippen LogP contribution is 2.30. The number of hydrogen-bond donors (Lipinski definition) is 0. The third-order valence-corrected chi connectivity index (χ3v) is 4.05. The van der Waals surface area contributed by atoms with Gasteiger partial charge in [0.1, 0.15) is 0 Å². The van der Waals surface area contributed by atoms with E-state index in [1.54, 1.807) is 20.3 Å². The Balaban J connectivity index is 1.89. The van der Waals surface area contributed by atoms with E-state index in [0.29, 0.717) is 28.9 Å². The number of aromatic nitrogens is 4. The number of tetrazole rings is 1. The summed E-state index contributed by atoms with van der Waals surface area (Å²) >= 11 is 6.18. The summed E-state index contributed by atoms with van der Waals surface area (Å²) in [5.41, 5.74) is 2.84. The maximum atomic E-state index is 6.18. The number of methoxy groups -OCH3 is 2.